The van der Waals surface area contributed by atoms with Gasteiger partial charge in [0.25, 0.3) is 5.91 Å². The molecule has 3 rings (SSSR count). The summed E-state index contributed by atoms with van der Waals surface area (Å²) in [6.07, 6.45) is 1.29. The van der Waals surface area contributed by atoms with Crippen LogP contribution in [0.4, 0.5) is 0 Å². The molecule has 122 valence electrons. The van der Waals surface area contributed by atoms with Crippen LogP contribution in [0.3, 0.4) is 0 Å². The molecule has 1 heterocycles. The van der Waals surface area contributed by atoms with Gasteiger partial charge in [0.05, 0.1) is 0 Å². The molecule has 2 N–H and O–H groups in total. The fraction of sp³-hybridized carbons (Fsp3) is 0.158. The predicted molar refractivity (Wildman–Crippen MR) is 93.3 cm³/mol. The predicted octanol–water partition coefficient (Wildman–Crippen LogP) is 3.17. The van der Waals surface area contributed by atoms with Crippen molar-refractivity contribution in [2.75, 3.05) is 14.1 Å². The molecule has 0 atom stereocenters. The first kappa shape index (κ1) is 16.0. The van der Waals surface area contributed by atoms with Crippen LogP contribution in [0, 0.1) is 0 Å². The van der Waals surface area contributed by atoms with Gasteiger partial charge >= 0.3 is 0 Å². The van der Waals surface area contributed by atoms with Gasteiger partial charge in [0.2, 0.25) is 5.89 Å². The molecule has 24 heavy (non-hydrogen) atoms. The third kappa shape index (κ3) is 3.36. The molecule has 0 aliphatic carbocycles. The molecule has 1 aromatic heterocycles. The van der Waals surface area contributed by atoms with Crippen molar-refractivity contribution < 1.29 is 9.21 Å². The number of amides is 1. The van der Waals surface area contributed by atoms with Crippen LogP contribution in [0.2, 0.25) is 0 Å². The minimum absolute atomic E-state index is 0.126. The van der Waals surface area contributed by atoms with Crippen LogP contribution < -0.4 is 5.73 Å². The molecule has 0 spiro atoms. The van der Waals surface area contributed by atoms with Crippen LogP contribution >= 0.6 is 0 Å². The summed E-state index contributed by atoms with van der Waals surface area (Å²) in [7, 11) is 4.09. The van der Waals surface area contributed by atoms with Crippen molar-refractivity contribution in [3.8, 4) is 22.6 Å². The van der Waals surface area contributed by atoms with E-state index < -0.39 is 5.91 Å². The number of nitrogens with zero attached hydrogens (tertiary/aromatic N) is 2. The number of benzene rings is 2. The minimum atomic E-state index is -0.601. The van der Waals surface area contributed by atoms with E-state index in [9.17, 15) is 4.79 Å². The van der Waals surface area contributed by atoms with E-state index in [1.54, 1.807) is 0 Å². The number of nitrogens with two attached hydrogens (primary N) is 1. The van der Waals surface area contributed by atoms with Gasteiger partial charge in [0.15, 0.2) is 5.69 Å². The normalized spacial score (nSPS) is 11.0. The summed E-state index contributed by atoms with van der Waals surface area (Å²) in [6, 6.07) is 16.2. The van der Waals surface area contributed by atoms with E-state index in [-0.39, 0.29) is 5.69 Å². The molecular formula is C19H19N3O2. The molecule has 0 aliphatic heterocycles. The van der Waals surface area contributed by atoms with Crippen molar-refractivity contribution in [3.05, 3.63) is 66.1 Å². The third-order valence-electron chi connectivity index (χ3n) is 3.68. The molecule has 0 bridgehead atoms. The number of oxazole rings is 1. The van der Waals surface area contributed by atoms with Gasteiger partial charge in [-0.1, -0.05) is 42.5 Å². The fourth-order valence-corrected chi connectivity index (χ4v) is 2.59. The zero-order valence-electron chi connectivity index (χ0n) is 13.7. The summed E-state index contributed by atoms with van der Waals surface area (Å²) < 4.78 is 5.43. The first-order chi connectivity index (χ1) is 11.5. The second kappa shape index (κ2) is 6.68. The molecule has 3 aromatic rings. The molecule has 0 saturated carbocycles. The van der Waals surface area contributed by atoms with Gasteiger partial charge in [-0.3, -0.25) is 4.79 Å². The van der Waals surface area contributed by atoms with E-state index in [1.807, 2.05) is 38.4 Å². The summed E-state index contributed by atoms with van der Waals surface area (Å²) >= 11 is 0. The van der Waals surface area contributed by atoms with Crippen LogP contribution in [0.1, 0.15) is 16.1 Å². The molecule has 0 unspecified atom stereocenters. The highest BCUT2D eigenvalue weighted by Crippen LogP contribution is 2.31. The average molecular weight is 321 g/mol. The zero-order valence-corrected chi connectivity index (χ0v) is 13.7. The zero-order chi connectivity index (χ0) is 17.1. The van der Waals surface area contributed by atoms with Crippen LogP contribution in [-0.2, 0) is 6.54 Å². The summed E-state index contributed by atoms with van der Waals surface area (Å²) in [4.78, 5) is 17.5. The van der Waals surface area contributed by atoms with Crippen molar-refractivity contribution in [1.29, 1.82) is 0 Å². The fourth-order valence-electron chi connectivity index (χ4n) is 2.59. The molecule has 0 saturated heterocycles. The number of hydrogen-bond acceptors (Lipinski definition) is 4. The Hall–Kier alpha value is -2.92. The van der Waals surface area contributed by atoms with E-state index >= 15 is 0 Å². The Labute approximate surface area is 140 Å². The van der Waals surface area contributed by atoms with Crippen molar-refractivity contribution in [2.45, 2.75) is 6.54 Å². The topological polar surface area (TPSA) is 72.4 Å². The number of primary amides is 1. The number of carbonyl (C=O) groups is 1. The second-order valence-corrected chi connectivity index (χ2v) is 5.88. The first-order valence-corrected chi connectivity index (χ1v) is 7.63. The number of aromatic nitrogens is 1. The summed E-state index contributed by atoms with van der Waals surface area (Å²) in [5.41, 5.74) is 9.49. The van der Waals surface area contributed by atoms with Gasteiger partial charge in [0, 0.05) is 12.1 Å². The van der Waals surface area contributed by atoms with Gasteiger partial charge in [-0.05, 0) is 36.9 Å². The van der Waals surface area contributed by atoms with Crippen LogP contribution in [0.25, 0.3) is 22.6 Å². The van der Waals surface area contributed by atoms with Crippen molar-refractivity contribution >= 4 is 5.91 Å². The summed E-state index contributed by atoms with van der Waals surface area (Å²) in [5, 5.41) is 0. The highest BCUT2D eigenvalue weighted by molar-refractivity contribution is 5.91. The molecule has 0 aliphatic rings. The van der Waals surface area contributed by atoms with Gasteiger partial charge in [-0.15, -0.1) is 0 Å². The smallest absolute Gasteiger partial charge is 0.270 e. The van der Waals surface area contributed by atoms with Gasteiger partial charge in [-0.25, -0.2) is 4.98 Å². The van der Waals surface area contributed by atoms with Gasteiger partial charge in [-0.2, -0.15) is 0 Å². The molecule has 5 nitrogen and oxygen atoms in total. The van der Waals surface area contributed by atoms with Gasteiger partial charge < -0.3 is 15.1 Å². The second-order valence-electron chi connectivity index (χ2n) is 5.88. The average Bonchev–Trinajstić information content (AvgIpc) is 3.05. The molecule has 0 radical (unpaired) electrons. The largest absolute Gasteiger partial charge is 0.444 e. The number of carbonyl (C=O) groups excluding carboxylic acids is 1. The molecule has 2 aromatic carbocycles. The van der Waals surface area contributed by atoms with E-state index in [1.165, 1.54) is 11.8 Å². The Morgan fingerprint density at radius 3 is 2.33 bits per heavy atom. The standard InChI is InChI=1S/C19H19N3O2/c1-22(2)11-13-7-9-14(10-8-13)15-5-3-4-6-16(15)19-21-17(12-24-19)18(20)23/h3-10,12H,11H2,1-2H3,(H2,20,23). The third-order valence-corrected chi connectivity index (χ3v) is 3.68. The molecule has 0 fully saturated rings. The lowest BCUT2D eigenvalue weighted by Gasteiger charge is -2.11. The van der Waals surface area contributed by atoms with Crippen molar-refractivity contribution in [2.24, 2.45) is 5.73 Å². The Morgan fingerprint density at radius 2 is 1.75 bits per heavy atom. The quantitative estimate of drug-likeness (QED) is 0.783. The Balaban J connectivity index is 1.98. The Morgan fingerprint density at radius 1 is 1.08 bits per heavy atom. The van der Waals surface area contributed by atoms with E-state index in [0.717, 1.165) is 23.2 Å². The maximum absolute atomic E-state index is 11.2. The van der Waals surface area contributed by atoms with Crippen molar-refractivity contribution in [1.82, 2.24) is 9.88 Å². The summed E-state index contributed by atoms with van der Waals surface area (Å²) in [5.74, 6) is -0.215. The van der Waals surface area contributed by atoms with E-state index in [4.69, 9.17) is 10.2 Å². The first-order valence-electron chi connectivity index (χ1n) is 7.63. The Kier molecular flexibility index (Phi) is 4.44. The lowest BCUT2D eigenvalue weighted by molar-refractivity contribution is 0.0995. The van der Waals surface area contributed by atoms with Crippen molar-refractivity contribution in [3.63, 3.8) is 0 Å². The molecular weight excluding hydrogens is 302 g/mol. The maximum Gasteiger partial charge on any atom is 0.270 e. The van der Waals surface area contributed by atoms with Crippen LogP contribution in [0.15, 0.2) is 59.2 Å². The van der Waals surface area contributed by atoms with Crippen LogP contribution in [-0.4, -0.2) is 29.9 Å². The monoisotopic (exact) mass is 321 g/mol. The summed E-state index contributed by atoms with van der Waals surface area (Å²) in [6.45, 7) is 0.892. The SMILES string of the molecule is CN(C)Cc1ccc(-c2ccccc2-c2nc(C(N)=O)co2)cc1. The maximum atomic E-state index is 11.2. The lowest BCUT2D eigenvalue weighted by atomic mass is 9.98. The van der Waals surface area contributed by atoms with Gasteiger partial charge in [0.1, 0.15) is 6.26 Å². The number of rotatable bonds is 5. The highest BCUT2D eigenvalue weighted by atomic mass is 16.3. The van der Waals surface area contributed by atoms with E-state index in [0.29, 0.717) is 5.89 Å². The Bertz CT molecular complexity index is 851. The minimum Gasteiger partial charge on any atom is -0.444 e. The lowest BCUT2D eigenvalue weighted by Crippen LogP contribution is -2.11. The molecule has 1 amide bonds. The van der Waals surface area contributed by atoms with E-state index in [2.05, 4.69) is 34.1 Å². The highest BCUT2D eigenvalue weighted by Gasteiger charge is 2.14. The number of hydrogen-bond donors (Lipinski definition) is 1. The molecule has 5 heteroatoms. The van der Waals surface area contributed by atoms with Crippen LogP contribution in [0.5, 0.6) is 0 Å².